The minimum atomic E-state index is -0.317. The van der Waals surface area contributed by atoms with Crippen molar-refractivity contribution in [1.29, 1.82) is 0 Å². The first kappa shape index (κ1) is 18.9. The average Bonchev–Trinajstić information content (AvgIpc) is 2.60. The molecule has 2 aliphatic rings. The lowest BCUT2D eigenvalue weighted by Crippen LogP contribution is -2.52. The molecule has 2 aliphatic heterocycles. The summed E-state index contributed by atoms with van der Waals surface area (Å²) in [5.74, 6) is 3.04. The van der Waals surface area contributed by atoms with Gasteiger partial charge in [0.25, 0.3) is 0 Å². The second kappa shape index (κ2) is 7.39. The molecule has 0 atom stereocenters. The Kier molecular flexibility index (Phi) is 5.37. The van der Waals surface area contributed by atoms with E-state index in [0.717, 1.165) is 69.8 Å². The van der Waals surface area contributed by atoms with Crippen LogP contribution in [0, 0.1) is 12.3 Å². The molecule has 1 amide bonds. The Morgan fingerprint density at radius 2 is 1.35 bits per heavy atom. The summed E-state index contributed by atoms with van der Waals surface area (Å²) in [6.45, 7) is 15.2. The van der Waals surface area contributed by atoms with Crippen molar-refractivity contribution in [1.82, 2.24) is 19.8 Å². The van der Waals surface area contributed by atoms with Crippen LogP contribution in [0.25, 0.3) is 0 Å². The van der Waals surface area contributed by atoms with Crippen LogP contribution in [0.1, 0.15) is 26.6 Å². The number of likely N-dealkylation sites (N-methyl/N-ethyl adjacent to an activating group) is 1. The van der Waals surface area contributed by atoms with Crippen molar-refractivity contribution in [3.05, 3.63) is 11.9 Å². The van der Waals surface area contributed by atoms with E-state index in [0.29, 0.717) is 0 Å². The molecule has 144 valence electrons. The van der Waals surface area contributed by atoms with E-state index >= 15 is 0 Å². The van der Waals surface area contributed by atoms with Gasteiger partial charge in [0.1, 0.15) is 17.5 Å². The summed E-state index contributed by atoms with van der Waals surface area (Å²) in [4.78, 5) is 30.7. The quantitative estimate of drug-likeness (QED) is 0.791. The summed E-state index contributed by atoms with van der Waals surface area (Å²) >= 11 is 0. The van der Waals surface area contributed by atoms with Gasteiger partial charge in [0.05, 0.1) is 0 Å². The second-order valence-electron chi connectivity index (χ2n) is 8.45. The first-order valence-corrected chi connectivity index (χ1v) is 9.57. The number of hydrogen-bond acceptors (Lipinski definition) is 6. The van der Waals surface area contributed by atoms with Crippen LogP contribution in [0.3, 0.4) is 0 Å². The standard InChI is InChI=1S/C19H32N6O/c1-15-20-16(23-8-6-22(5)7-9-23)14-17(21-15)24-10-12-25(13-11-24)18(26)19(2,3)4/h14H,6-13H2,1-5H3. The summed E-state index contributed by atoms with van der Waals surface area (Å²) in [5, 5.41) is 0. The molecule has 1 aromatic heterocycles. The molecule has 2 saturated heterocycles. The van der Waals surface area contributed by atoms with E-state index in [1.54, 1.807) is 0 Å². The molecule has 0 aromatic carbocycles. The highest BCUT2D eigenvalue weighted by atomic mass is 16.2. The topological polar surface area (TPSA) is 55.8 Å². The van der Waals surface area contributed by atoms with Gasteiger partial charge in [-0.3, -0.25) is 4.79 Å². The Labute approximate surface area is 157 Å². The number of aryl methyl sites for hydroxylation is 1. The van der Waals surface area contributed by atoms with Crippen LogP contribution in [0.2, 0.25) is 0 Å². The van der Waals surface area contributed by atoms with Crippen molar-refractivity contribution in [2.45, 2.75) is 27.7 Å². The molecule has 0 N–H and O–H groups in total. The molecule has 26 heavy (non-hydrogen) atoms. The Bertz CT molecular complexity index is 640. The molecule has 0 saturated carbocycles. The van der Waals surface area contributed by atoms with E-state index in [-0.39, 0.29) is 11.3 Å². The van der Waals surface area contributed by atoms with Gasteiger partial charge in [-0.05, 0) is 14.0 Å². The highest BCUT2D eigenvalue weighted by Gasteiger charge is 2.30. The molecule has 0 bridgehead atoms. The van der Waals surface area contributed by atoms with Gasteiger partial charge >= 0.3 is 0 Å². The molecular formula is C19H32N6O. The van der Waals surface area contributed by atoms with Crippen molar-refractivity contribution in [3.63, 3.8) is 0 Å². The fraction of sp³-hybridized carbons (Fsp3) is 0.737. The number of carbonyl (C=O) groups is 1. The van der Waals surface area contributed by atoms with E-state index in [4.69, 9.17) is 0 Å². The third-order valence-corrected chi connectivity index (χ3v) is 5.17. The molecule has 7 nitrogen and oxygen atoms in total. The van der Waals surface area contributed by atoms with E-state index in [1.165, 1.54) is 0 Å². The molecule has 7 heteroatoms. The van der Waals surface area contributed by atoms with Gasteiger partial charge in [0.15, 0.2) is 0 Å². The molecule has 0 spiro atoms. The van der Waals surface area contributed by atoms with Crippen LogP contribution < -0.4 is 9.80 Å². The molecule has 3 heterocycles. The Morgan fingerprint density at radius 1 is 0.885 bits per heavy atom. The maximum absolute atomic E-state index is 12.5. The molecule has 3 rings (SSSR count). The smallest absolute Gasteiger partial charge is 0.228 e. The Hall–Kier alpha value is -1.89. The summed E-state index contributed by atoms with van der Waals surface area (Å²) < 4.78 is 0. The number of carbonyl (C=O) groups excluding carboxylic acids is 1. The lowest BCUT2D eigenvalue weighted by molar-refractivity contribution is -0.139. The monoisotopic (exact) mass is 360 g/mol. The number of anilines is 2. The van der Waals surface area contributed by atoms with Gasteiger partial charge < -0.3 is 19.6 Å². The molecule has 2 fully saturated rings. The number of hydrogen-bond donors (Lipinski definition) is 0. The van der Waals surface area contributed by atoms with Crippen LogP contribution in [0.5, 0.6) is 0 Å². The number of aromatic nitrogens is 2. The van der Waals surface area contributed by atoms with Gasteiger partial charge in [0, 0.05) is 63.8 Å². The number of rotatable bonds is 2. The zero-order valence-electron chi connectivity index (χ0n) is 16.8. The number of piperazine rings is 2. The SMILES string of the molecule is Cc1nc(N2CCN(C)CC2)cc(N2CCN(C(=O)C(C)(C)C)CC2)n1. The van der Waals surface area contributed by atoms with Gasteiger partial charge in [0.2, 0.25) is 5.91 Å². The third kappa shape index (κ3) is 4.26. The number of amides is 1. The zero-order valence-corrected chi connectivity index (χ0v) is 16.8. The normalized spacial score (nSPS) is 19.8. The lowest BCUT2D eigenvalue weighted by atomic mass is 9.94. The first-order valence-electron chi connectivity index (χ1n) is 9.57. The van der Waals surface area contributed by atoms with Crippen LogP contribution in [0.15, 0.2) is 6.07 Å². The molecule has 0 unspecified atom stereocenters. The predicted molar refractivity (Wildman–Crippen MR) is 105 cm³/mol. The zero-order chi connectivity index (χ0) is 18.9. The summed E-state index contributed by atoms with van der Waals surface area (Å²) in [7, 11) is 2.16. The largest absolute Gasteiger partial charge is 0.354 e. The van der Waals surface area contributed by atoms with E-state index in [2.05, 4.69) is 37.8 Å². The second-order valence-corrected chi connectivity index (χ2v) is 8.45. The van der Waals surface area contributed by atoms with E-state index < -0.39 is 0 Å². The minimum Gasteiger partial charge on any atom is -0.354 e. The van der Waals surface area contributed by atoms with Gasteiger partial charge in [-0.2, -0.15) is 0 Å². The van der Waals surface area contributed by atoms with Crippen LogP contribution in [0.4, 0.5) is 11.6 Å². The fourth-order valence-electron chi connectivity index (χ4n) is 3.51. The molecule has 0 aliphatic carbocycles. The van der Waals surface area contributed by atoms with Crippen molar-refractivity contribution >= 4 is 17.5 Å². The average molecular weight is 361 g/mol. The maximum atomic E-state index is 12.5. The first-order chi connectivity index (χ1) is 12.2. The minimum absolute atomic E-state index is 0.231. The number of nitrogens with zero attached hydrogens (tertiary/aromatic N) is 6. The van der Waals surface area contributed by atoms with E-state index in [1.807, 2.05) is 32.6 Å². The predicted octanol–water partition coefficient (Wildman–Crippen LogP) is 1.23. The van der Waals surface area contributed by atoms with Crippen molar-refractivity contribution in [3.8, 4) is 0 Å². The highest BCUT2D eigenvalue weighted by molar-refractivity contribution is 5.81. The van der Waals surface area contributed by atoms with Gasteiger partial charge in [-0.15, -0.1) is 0 Å². The molecule has 1 aromatic rings. The summed E-state index contributed by atoms with van der Waals surface area (Å²) in [6, 6.07) is 2.11. The summed E-state index contributed by atoms with van der Waals surface area (Å²) in [6.07, 6.45) is 0. The van der Waals surface area contributed by atoms with E-state index in [9.17, 15) is 4.79 Å². The van der Waals surface area contributed by atoms with Gasteiger partial charge in [-0.1, -0.05) is 20.8 Å². The Balaban J connectivity index is 1.68. The highest BCUT2D eigenvalue weighted by Crippen LogP contribution is 2.23. The van der Waals surface area contributed by atoms with Crippen molar-refractivity contribution < 1.29 is 4.79 Å². The van der Waals surface area contributed by atoms with Crippen LogP contribution in [-0.4, -0.2) is 85.1 Å². The van der Waals surface area contributed by atoms with Crippen LogP contribution in [-0.2, 0) is 4.79 Å². The summed E-state index contributed by atoms with van der Waals surface area (Å²) in [5.41, 5.74) is -0.317. The molecule has 0 radical (unpaired) electrons. The Morgan fingerprint density at radius 3 is 1.81 bits per heavy atom. The lowest BCUT2D eigenvalue weighted by Gasteiger charge is -2.38. The van der Waals surface area contributed by atoms with Crippen molar-refractivity contribution in [2.24, 2.45) is 5.41 Å². The third-order valence-electron chi connectivity index (χ3n) is 5.17. The molecular weight excluding hydrogens is 328 g/mol. The maximum Gasteiger partial charge on any atom is 0.228 e. The van der Waals surface area contributed by atoms with Crippen LogP contribution >= 0.6 is 0 Å². The van der Waals surface area contributed by atoms with Gasteiger partial charge in [-0.25, -0.2) is 9.97 Å². The van der Waals surface area contributed by atoms with Crippen molar-refractivity contribution in [2.75, 3.05) is 69.2 Å². The fourth-order valence-corrected chi connectivity index (χ4v) is 3.51.